The summed E-state index contributed by atoms with van der Waals surface area (Å²) in [5.41, 5.74) is 5.27. The topological polar surface area (TPSA) is 89.3 Å². The summed E-state index contributed by atoms with van der Waals surface area (Å²) < 4.78 is 26.9. The minimum absolute atomic E-state index is 0.132. The third-order valence-corrected chi connectivity index (χ3v) is 5.07. The van der Waals surface area contributed by atoms with Gasteiger partial charge < -0.3 is 5.73 Å². The van der Waals surface area contributed by atoms with Crippen molar-refractivity contribution in [1.29, 1.82) is 0 Å². The minimum Gasteiger partial charge on any atom is -0.369 e. The molecule has 0 heterocycles. The average Bonchev–Trinajstić information content (AvgIpc) is 2.77. The molecule has 0 spiro atoms. The molecule has 19 heavy (non-hydrogen) atoms. The van der Waals surface area contributed by atoms with Crippen LogP contribution in [0.1, 0.15) is 19.3 Å². The van der Waals surface area contributed by atoms with E-state index < -0.39 is 27.9 Å². The maximum Gasteiger partial charge on any atom is 0.240 e. The maximum absolute atomic E-state index is 12.2. The van der Waals surface area contributed by atoms with Crippen LogP contribution in [0.4, 0.5) is 0 Å². The first-order chi connectivity index (χ1) is 8.90. The van der Waals surface area contributed by atoms with Gasteiger partial charge in [-0.25, -0.2) is 13.1 Å². The number of hydrogen-bond acceptors (Lipinski definition) is 3. The standard InChI is InChI=1S/C12H15ClN2O3S/c13-8-4-6-9(7-5-8)19(17,18)15-11-3-1-2-10(11)12(14)16/h4-7,10-11,15H,1-3H2,(H2,14,16)/t10-,11+/m0/s1. The Bertz CT molecular complexity index is 571. The second kappa shape index (κ2) is 5.48. The zero-order valence-electron chi connectivity index (χ0n) is 10.2. The molecule has 1 aliphatic rings. The van der Waals surface area contributed by atoms with E-state index in [0.717, 1.165) is 6.42 Å². The molecule has 1 aromatic rings. The quantitative estimate of drug-likeness (QED) is 0.878. The van der Waals surface area contributed by atoms with E-state index in [-0.39, 0.29) is 4.90 Å². The average molecular weight is 303 g/mol. The number of nitrogens with one attached hydrogen (secondary N) is 1. The lowest BCUT2D eigenvalue weighted by atomic mass is 10.0. The van der Waals surface area contributed by atoms with Gasteiger partial charge in [-0.05, 0) is 37.1 Å². The number of sulfonamides is 1. The van der Waals surface area contributed by atoms with Crippen LogP contribution in [-0.4, -0.2) is 20.4 Å². The van der Waals surface area contributed by atoms with Crippen LogP contribution < -0.4 is 10.5 Å². The fraction of sp³-hybridized carbons (Fsp3) is 0.417. The highest BCUT2D eigenvalue weighted by Crippen LogP contribution is 2.27. The third kappa shape index (κ3) is 3.26. The molecule has 1 fully saturated rings. The molecule has 0 unspecified atom stereocenters. The number of benzene rings is 1. The van der Waals surface area contributed by atoms with E-state index in [1.165, 1.54) is 24.3 Å². The third-order valence-electron chi connectivity index (χ3n) is 3.31. The van der Waals surface area contributed by atoms with Gasteiger partial charge in [-0.3, -0.25) is 4.79 Å². The first kappa shape index (κ1) is 14.3. The zero-order valence-corrected chi connectivity index (χ0v) is 11.7. The van der Waals surface area contributed by atoms with E-state index in [2.05, 4.69) is 4.72 Å². The Labute approximate surface area is 117 Å². The second-order valence-electron chi connectivity index (χ2n) is 4.62. The Hall–Kier alpha value is -1.11. The van der Waals surface area contributed by atoms with Crippen LogP contribution in [-0.2, 0) is 14.8 Å². The van der Waals surface area contributed by atoms with Crippen LogP contribution in [0.25, 0.3) is 0 Å². The van der Waals surface area contributed by atoms with Crippen molar-refractivity contribution in [1.82, 2.24) is 4.72 Å². The zero-order chi connectivity index (χ0) is 14.0. The maximum atomic E-state index is 12.2. The second-order valence-corrected chi connectivity index (χ2v) is 6.77. The van der Waals surface area contributed by atoms with E-state index in [4.69, 9.17) is 17.3 Å². The number of hydrogen-bond donors (Lipinski definition) is 2. The van der Waals surface area contributed by atoms with E-state index in [1.807, 2.05) is 0 Å². The van der Waals surface area contributed by atoms with E-state index in [9.17, 15) is 13.2 Å². The molecule has 104 valence electrons. The summed E-state index contributed by atoms with van der Waals surface area (Å²) in [4.78, 5) is 11.4. The largest absolute Gasteiger partial charge is 0.369 e. The van der Waals surface area contributed by atoms with Crippen LogP contribution in [0.5, 0.6) is 0 Å². The van der Waals surface area contributed by atoms with Gasteiger partial charge in [-0.1, -0.05) is 18.0 Å². The molecule has 1 aromatic carbocycles. The first-order valence-corrected chi connectivity index (χ1v) is 7.83. The van der Waals surface area contributed by atoms with Gasteiger partial charge in [0.2, 0.25) is 15.9 Å². The number of carbonyl (C=O) groups excluding carboxylic acids is 1. The molecule has 0 aromatic heterocycles. The summed E-state index contributed by atoms with van der Waals surface area (Å²) in [6.07, 6.45) is 2.05. The van der Waals surface area contributed by atoms with Crippen molar-refractivity contribution in [2.75, 3.05) is 0 Å². The molecule has 2 atom stereocenters. The molecule has 1 saturated carbocycles. The van der Waals surface area contributed by atoms with Crippen LogP contribution in [0.15, 0.2) is 29.2 Å². The predicted molar refractivity (Wildman–Crippen MR) is 72.1 cm³/mol. The molecule has 0 radical (unpaired) electrons. The minimum atomic E-state index is -3.64. The molecule has 1 aliphatic carbocycles. The first-order valence-electron chi connectivity index (χ1n) is 5.97. The van der Waals surface area contributed by atoms with E-state index in [0.29, 0.717) is 17.9 Å². The summed E-state index contributed by atoms with van der Waals surface area (Å²) in [5.74, 6) is -0.886. The van der Waals surface area contributed by atoms with Gasteiger partial charge in [0, 0.05) is 11.1 Å². The molecule has 3 N–H and O–H groups in total. The number of halogens is 1. The van der Waals surface area contributed by atoms with Gasteiger partial charge in [0.25, 0.3) is 0 Å². The Morgan fingerprint density at radius 2 is 1.89 bits per heavy atom. The van der Waals surface area contributed by atoms with Gasteiger partial charge in [-0.15, -0.1) is 0 Å². The molecule has 0 aliphatic heterocycles. The molecule has 0 bridgehead atoms. The van der Waals surface area contributed by atoms with Gasteiger partial charge in [-0.2, -0.15) is 0 Å². The monoisotopic (exact) mass is 302 g/mol. The van der Waals surface area contributed by atoms with Crippen LogP contribution in [0.3, 0.4) is 0 Å². The highest BCUT2D eigenvalue weighted by molar-refractivity contribution is 7.89. The van der Waals surface area contributed by atoms with Crippen LogP contribution >= 0.6 is 11.6 Å². The van der Waals surface area contributed by atoms with Crippen LogP contribution in [0, 0.1) is 5.92 Å². The molecule has 5 nitrogen and oxygen atoms in total. The Kier molecular flexibility index (Phi) is 4.13. The Morgan fingerprint density at radius 3 is 2.47 bits per heavy atom. The predicted octanol–water partition coefficient (Wildman–Crippen LogP) is 1.27. The fourth-order valence-electron chi connectivity index (χ4n) is 2.32. The Balaban J connectivity index is 2.17. The van der Waals surface area contributed by atoms with Crippen molar-refractivity contribution in [2.24, 2.45) is 11.7 Å². The summed E-state index contributed by atoms with van der Waals surface area (Å²) >= 11 is 5.72. The van der Waals surface area contributed by atoms with E-state index >= 15 is 0 Å². The molecule has 1 amide bonds. The van der Waals surface area contributed by atoms with Crippen molar-refractivity contribution < 1.29 is 13.2 Å². The van der Waals surface area contributed by atoms with Gasteiger partial charge in [0.15, 0.2) is 0 Å². The highest BCUT2D eigenvalue weighted by atomic mass is 35.5. The van der Waals surface area contributed by atoms with Crippen molar-refractivity contribution in [2.45, 2.75) is 30.2 Å². The molecule has 7 heteroatoms. The number of nitrogens with two attached hydrogens (primary N) is 1. The highest BCUT2D eigenvalue weighted by Gasteiger charge is 2.34. The number of carbonyl (C=O) groups is 1. The smallest absolute Gasteiger partial charge is 0.240 e. The SMILES string of the molecule is NC(=O)[C@H]1CCC[C@H]1NS(=O)(=O)c1ccc(Cl)cc1. The van der Waals surface area contributed by atoms with Gasteiger partial charge in [0.05, 0.1) is 10.8 Å². The lowest BCUT2D eigenvalue weighted by molar-refractivity contribution is -0.122. The van der Waals surface area contributed by atoms with Gasteiger partial charge in [0.1, 0.15) is 0 Å². The Morgan fingerprint density at radius 1 is 1.26 bits per heavy atom. The summed E-state index contributed by atoms with van der Waals surface area (Å²) in [6.45, 7) is 0. The lowest BCUT2D eigenvalue weighted by Gasteiger charge is -2.18. The van der Waals surface area contributed by atoms with Gasteiger partial charge >= 0.3 is 0 Å². The van der Waals surface area contributed by atoms with Crippen molar-refractivity contribution >= 4 is 27.5 Å². The van der Waals surface area contributed by atoms with Crippen molar-refractivity contribution in [3.05, 3.63) is 29.3 Å². The fourth-order valence-corrected chi connectivity index (χ4v) is 3.76. The number of rotatable bonds is 4. The molecule has 2 rings (SSSR count). The molecular formula is C12H15ClN2O3S. The lowest BCUT2D eigenvalue weighted by Crippen LogP contribution is -2.42. The molecule has 0 saturated heterocycles. The van der Waals surface area contributed by atoms with Crippen LogP contribution in [0.2, 0.25) is 5.02 Å². The van der Waals surface area contributed by atoms with Crippen molar-refractivity contribution in [3.63, 3.8) is 0 Å². The van der Waals surface area contributed by atoms with E-state index in [1.54, 1.807) is 0 Å². The van der Waals surface area contributed by atoms with Crippen molar-refractivity contribution in [3.8, 4) is 0 Å². The number of primary amides is 1. The summed E-state index contributed by atoms with van der Waals surface area (Å²) in [7, 11) is -3.64. The summed E-state index contributed by atoms with van der Waals surface area (Å²) in [5, 5.41) is 0.467. The normalized spacial score (nSPS) is 23.4. The summed E-state index contributed by atoms with van der Waals surface area (Å²) in [6, 6.07) is 5.46. The molecular weight excluding hydrogens is 288 g/mol. The number of amides is 1.